The maximum atomic E-state index is 13.0. The van der Waals surface area contributed by atoms with E-state index in [1.807, 2.05) is 30.3 Å². The highest BCUT2D eigenvalue weighted by atomic mass is 35.5. The lowest BCUT2D eigenvalue weighted by atomic mass is 10.1. The summed E-state index contributed by atoms with van der Waals surface area (Å²) in [5.41, 5.74) is 0.813. The van der Waals surface area contributed by atoms with Gasteiger partial charge < -0.3 is 14.8 Å². The highest BCUT2D eigenvalue weighted by molar-refractivity contribution is 7.89. The number of methoxy groups -OCH3 is 2. The number of sulfonamides is 1. The van der Waals surface area contributed by atoms with E-state index in [4.69, 9.17) is 21.1 Å². The second-order valence-electron chi connectivity index (χ2n) is 6.52. The van der Waals surface area contributed by atoms with Crippen LogP contribution in [-0.4, -0.2) is 47.2 Å². The van der Waals surface area contributed by atoms with Crippen LogP contribution in [0, 0.1) is 0 Å². The highest BCUT2D eigenvalue weighted by Gasteiger charge is 2.29. The van der Waals surface area contributed by atoms with Gasteiger partial charge >= 0.3 is 0 Å². The molecule has 9 heteroatoms. The largest absolute Gasteiger partial charge is 0.495 e. The summed E-state index contributed by atoms with van der Waals surface area (Å²) in [6, 6.07) is 12.1. The number of hydrogen-bond donors (Lipinski definition) is 2. The van der Waals surface area contributed by atoms with E-state index in [1.165, 1.54) is 32.4 Å². The van der Waals surface area contributed by atoms with Crippen molar-refractivity contribution in [3.05, 3.63) is 59.1 Å². The van der Waals surface area contributed by atoms with Crippen molar-refractivity contribution < 1.29 is 22.7 Å². The van der Waals surface area contributed by atoms with Gasteiger partial charge in [0.1, 0.15) is 16.7 Å². The maximum absolute atomic E-state index is 13.0. The van der Waals surface area contributed by atoms with Gasteiger partial charge in [0, 0.05) is 18.2 Å². The summed E-state index contributed by atoms with van der Waals surface area (Å²) in [5.74, 6) is -0.323. The third-order valence-electron chi connectivity index (χ3n) is 4.12. The third kappa shape index (κ3) is 6.71. The second kappa shape index (κ2) is 10.6. The SMILES string of the molecule is COC[C@@H](C)NC(=O)[C@@H](Cc1ccccc1)NS(=O)(=O)c1cc(Cl)ccc1OC. The molecule has 1 amide bonds. The molecular formula is C20H25ClN2O5S. The van der Waals surface area contributed by atoms with Gasteiger partial charge in [-0.1, -0.05) is 41.9 Å². The quantitative estimate of drug-likeness (QED) is 0.591. The van der Waals surface area contributed by atoms with E-state index >= 15 is 0 Å². The molecule has 0 aliphatic carbocycles. The molecule has 0 bridgehead atoms. The fraction of sp³-hybridized carbons (Fsp3) is 0.350. The van der Waals surface area contributed by atoms with Crippen molar-refractivity contribution in [2.75, 3.05) is 20.8 Å². The lowest BCUT2D eigenvalue weighted by Crippen LogP contribution is -2.50. The summed E-state index contributed by atoms with van der Waals surface area (Å²) >= 11 is 5.97. The molecule has 2 aromatic carbocycles. The topological polar surface area (TPSA) is 93.7 Å². The van der Waals surface area contributed by atoms with Gasteiger partial charge in [-0.05, 0) is 37.1 Å². The van der Waals surface area contributed by atoms with Gasteiger partial charge in [0.2, 0.25) is 15.9 Å². The Balaban J connectivity index is 2.32. The minimum atomic E-state index is -4.09. The van der Waals surface area contributed by atoms with E-state index in [-0.39, 0.29) is 28.1 Å². The molecule has 7 nitrogen and oxygen atoms in total. The first-order valence-electron chi connectivity index (χ1n) is 8.96. The number of carbonyl (C=O) groups excluding carboxylic acids is 1. The Morgan fingerprint density at radius 3 is 2.45 bits per heavy atom. The van der Waals surface area contributed by atoms with Crippen molar-refractivity contribution in [2.45, 2.75) is 30.3 Å². The average Bonchev–Trinajstić information content (AvgIpc) is 2.68. The van der Waals surface area contributed by atoms with Crippen molar-refractivity contribution in [3.63, 3.8) is 0 Å². The van der Waals surface area contributed by atoms with Crippen LogP contribution in [0.15, 0.2) is 53.4 Å². The summed E-state index contributed by atoms with van der Waals surface area (Å²) in [6.07, 6.45) is 0.175. The minimum absolute atomic E-state index is 0.133. The average molecular weight is 441 g/mol. The molecule has 2 aromatic rings. The summed E-state index contributed by atoms with van der Waals surface area (Å²) in [5, 5.41) is 3.01. The zero-order valence-electron chi connectivity index (χ0n) is 16.5. The normalized spacial score (nSPS) is 13.5. The predicted octanol–water partition coefficient (Wildman–Crippen LogP) is 2.39. The first kappa shape index (κ1) is 23.2. The first-order valence-corrected chi connectivity index (χ1v) is 10.8. The van der Waals surface area contributed by atoms with Crippen LogP contribution in [0.5, 0.6) is 5.75 Å². The van der Waals surface area contributed by atoms with Gasteiger partial charge in [0.25, 0.3) is 0 Å². The number of amides is 1. The smallest absolute Gasteiger partial charge is 0.245 e. The zero-order valence-corrected chi connectivity index (χ0v) is 18.1. The van der Waals surface area contributed by atoms with Gasteiger partial charge in [-0.15, -0.1) is 0 Å². The molecule has 0 aromatic heterocycles. The number of carbonyl (C=O) groups is 1. The Morgan fingerprint density at radius 1 is 1.14 bits per heavy atom. The molecule has 0 radical (unpaired) electrons. The monoisotopic (exact) mass is 440 g/mol. The van der Waals surface area contributed by atoms with Crippen molar-refractivity contribution in [3.8, 4) is 5.75 Å². The number of nitrogens with one attached hydrogen (secondary N) is 2. The van der Waals surface area contributed by atoms with Gasteiger partial charge in [-0.25, -0.2) is 8.42 Å². The van der Waals surface area contributed by atoms with Crippen LogP contribution in [0.2, 0.25) is 5.02 Å². The number of halogens is 1. The first-order chi connectivity index (χ1) is 13.8. The molecule has 0 spiro atoms. The molecule has 158 valence electrons. The van der Waals surface area contributed by atoms with Crippen molar-refractivity contribution in [1.82, 2.24) is 10.0 Å². The Bertz CT molecular complexity index is 922. The number of ether oxygens (including phenoxy) is 2. The van der Waals surface area contributed by atoms with Crippen LogP contribution in [0.4, 0.5) is 0 Å². The van der Waals surface area contributed by atoms with Gasteiger partial charge in [-0.3, -0.25) is 4.79 Å². The highest BCUT2D eigenvalue weighted by Crippen LogP contribution is 2.27. The van der Waals surface area contributed by atoms with Crippen molar-refractivity contribution in [1.29, 1.82) is 0 Å². The lowest BCUT2D eigenvalue weighted by molar-refractivity contribution is -0.123. The van der Waals surface area contributed by atoms with E-state index < -0.39 is 22.0 Å². The Hall–Kier alpha value is -2.13. The van der Waals surface area contributed by atoms with Crippen LogP contribution >= 0.6 is 11.6 Å². The standard InChI is InChI=1S/C20H25ClN2O5S/c1-14(13-27-2)22-20(24)17(11-15-7-5-4-6-8-15)23-29(25,26)19-12-16(21)9-10-18(19)28-3/h4-10,12,14,17,23H,11,13H2,1-3H3,(H,22,24)/t14-,17-/m1/s1. The molecule has 0 fully saturated rings. The molecule has 0 saturated carbocycles. The van der Waals surface area contributed by atoms with E-state index in [0.29, 0.717) is 6.61 Å². The van der Waals surface area contributed by atoms with E-state index in [2.05, 4.69) is 10.0 Å². The van der Waals surface area contributed by atoms with E-state index in [0.717, 1.165) is 5.56 Å². The third-order valence-corrected chi connectivity index (χ3v) is 5.85. The predicted molar refractivity (Wildman–Crippen MR) is 112 cm³/mol. The summed E-state index contributed by atoms with van der Waals surface area (Å²) < 4.78 is 38.7. The zero-order chi connectivity index (χ0) is 21.4. The lowest BCUT2D eigenvalue weighted by Gasteiger charge is -2.22. The minimum Gasteiger partial charge on any atom is -0.495 e. The van der Waals surface area contributed by atoms with Gasteiger partial charge in [0.15, 0.2) is 0 Å². The van der Waals surface area contributed by atoms with Gasteiger partial charge in [0.05, 0.1) is 13.7 Å². The number of hydrogen-bond acceptors (Lipinski definition) is 5. The van der Waals surface area contributed by atoms with Gasteiger partial charge in [-0.2, -0.15) is 4.72 Å². The van der Waals surface area contributed by atoms with E-state index in [9.17, 15) is 13.2 Å². The summed E-state index contributed by atoms with van der Waals surface area (Å²) in [4.78, 5) is 12.7. The fourth-order valence-corrected chi connectivity index (χ4v) is 4.41. The molecule has 0 aliphatic rings. The Kier molecular flexibility index (Phi) is 8.45. The molecule has 0 heterocycles. The number of rotatable bonds is 10. The van der Waals surface area contributed by atoms with Crippen LogP contribution < -0.4 is 14.8 Å². The van der Waals surface area contributed by atoms with Crippen LogP contribution in [-0.2, 0) is 26.0 Å². The molecule has 29 heavy (non-hydrogen) atoms. The molecule has 0 aliphatic heterocycles. The summed E-state index contributed by atoms with van der Waals surface area (Å²) in [7, 11) is -1.20. The maximum Gasteiger partial charge on any atom is 0.245 e. The molecule has 2 atom stereocenters. The van der Waals surface area contributed by atoms with Crippen molar-refractivity contribution in [2.24, 2.45) is 0 Å². The van der Waals surface area contributed by atoms with Crippen LogP contribution in [0.25, 0.3) is 0 Å². The van der Waals surface area contributed by atoms with E-state index in [1.54, 1.807) is 6.92 Å². The molecule has 0 saturated heterocycles. The molecular weight excluding hydrogens is 416 g/mol. The van der Waals surface area contributed by atoms with Crippen LogP contribution in [0.3, 0.4) is 0 Å². The Labute approximate surface area is 176 Å². The Morgan fingerprint density at radius 2 is 1.83 bits per heavy atom. The molecule has 2 N–H and O–H groups in total. The fourth-order valence-electron chi connectivity index (χ4n) is 2.78. The molecule has 0 unspecified atom stereocenters. The second-order valence-corrected chi connectivity index (χ2v) is 8.64. The van der Waals surface area contributed by atoms with Crippen molar-refractivity contribution >= 4 is 27.5 Å². The molecule has 2 rings (SSSR count). The summed E-state index contributed by atoms with van der Waals surface area (Å²) in [6.45, 7) is 2.08. The number of benzene rings is 2. The van der Waals surface area contributed by atoms with Crippen LogP contribution in [0.1, 0.15) is 12.5 Å².